The average molecular weight is 222 g/mol. The number of alkyl halides is 2. The Morgan fingerprint density at radius 3 is 2.53 bits per heavy atom. The normalized spacial score (nSPS) is 18.1. The number of halogens is 2. The molecule has 0 spiro atoms. The lowest BCUT2D eigenvalue weighted by atomic mass is 10.1. The molecule has 0 saturated heterocycles. The highest BCUT2D eigenvalue weighted by atomic mass is 19.3. The first-order chi connectivity index (χ1) is 7.06. The summed E-state index contributed by atoms with van der Waals surface area (Å²) < 4.78 is 34.4. The van der Waals surface area contributed by atoms with Gasteiger partial charge in [-0.2, -0.15) is 8.78 Å². The Labute approximate surface area is 87.7 Å². The minimum absolute atomic E-state index is 0.0637. The van der Waals surface area contributed by atoms with Crippen LogP contribution in [0.1, 0.15) is 32.6 Å². The second-order valence-electron chi connectivity index (χ2n) is 3.70. The molecule has 0 bridgehead atoms. The van der Waals surface area contributed by atoms with E-state index >= 15 is 0 Å². The predicted molar refractivity (Wildman–Crippen MR) is 49.5 cm³/mol. The van der Waals surface area contributed by atoms with Crippen molar-refractivity contribution in [3.8, 4) is 0 Å². The summed E-state index contributed by atoms with van der Waals surface area (Å²) in [6.07, 6.45) is 0.119. The summed E-state index contributed by atoms with van der Waals surface area (Å²) in [5.41, 5.74) is 0. The van der Waals surface area contributed by atoms with Crippen molar-refractivity contribution in [3.63, 3.8) is 0 Å². The maximum Gasteiger partial charge on any atom is 0.456 e. The van der Waals surface area contributed by atoms with Crippen molar-refractivity contribution in [2.45, 2.75) is 38.7 Å². The molecule has 0 N–H and O–H groups in total. The van der Waals surface area contributed by atoms with E-state index < -0.39 is 12.1 Å². The summed E-state index contributed by atoms with van der Waals surface area (Å²) in [6, 6.07) is 0. The Bertz CT molecular complexity index is 213. The van der Waals surface area contributed by atoms with Gasteiger partial charge in [-0.1, -0.05) is 12.8 Å². The summed E-state index contributed by atoms with van der Waals surface area (Å²) in [5, 5.41) is 0. The standard InChI is InChI=1S/C10H16F2O3/c1-2-14-9(13)10(11,12)15-7-8-5-3-4-6-8/h8H,2-7H2,1H3. The lowest BCUT2D eigenvalue weighted by molar-refractivity contribution is -0.253. The SMILES string of the molecule is CCOC(=O)C(F)(F)OCC1CCCC1. The molecule has 0 aromatic rings. The van der Waals surface area contributed by atoms with E-state index in [0.717, 1.165) is 25.7 Å². The van der Waals surface area contributed by atoms with Gasteiger partial charge in [0.1, 0.15) is 0 Å². The van der Waals surface area contributed by atoms with E-state index in [2.05, 4.69) is 9.47 Å². The zero-order chi connectivity index (χ0) is 11.3. The maximum absolute atomic E-state index is 13.0. The van der Waals surface area contributed by atoms with Crippen molar-refractivity contribution in [2.75, 3.05) is 13.2 Å². The molecule has 1 rings (SSSR count). The van der Waals surface area contributed by atoms with Gasteiger partial charge >= 0.3 is 12.1 Å². The molecule has 0 amide bonds. The third kappa shape index (κ3) is 3.74. The first kappa shape index (κ1) is 12.4. The van der Waals surface area contributed by atoms with Gasteiger partial charge in [-0.15, -0.1) is 0 Å². The number of hydrogen-bond donors (Lipinski definition) is 0. The first-order valence-corrected chi connectivity index (χ1v) is 5.25. The van der Waals surface area contributed by atoms with E-state index in [1.54, 1.807) is 0 Å². The molecular formula is C10H16F2O3. The van der Waals surface area contributed by atoms with Gasteiger partial charge < -0.3 is 9.47 Å². The smallest absolute Gasteiger partial charge is 0.456 e. The number of carbonyl (C=O) groups excluding carboxylic acids is 1. The largest absolute Gasteiger partial charge is 0.460 e. The van der Waals surface area contributed by atoms with E-state index in [9.17, 15) is 13.6 Å². The van der Waals surface area contributed by atoms with Gasteiger partial charge in [-0.05, 0) is 25.7 Å². The van der Waals surface area contributed by atoms with Crippen molar-refractivity contribution in [3.05, 3.63) is 0 Å². The van der Waals surface area contributed by atoms with Crippen LogP contribution in [0.5, 0.6) is 0 Å². The van der Waals surface area contributed by atoms with Crippen LogP contribution in [0.25, 0.3) is 0 Å². The molecule has 5 heteroatoms. The maximum atomic E-state index is 13.0. The van der Waals surface area contributed by atoms with Crippen LogP contribution in [0.4, 0.5) is 8.78 Å². The van der Waals surface area contributed by atoms with Gasteiger partial charge in [0.15, 0.2) is 0 Å². The lowest BCUT2D eigenvalue weighted by Crippen LogP contribution is -2.35. The predicted octanol–water partition coefficient (Wildman–Crippen LogP) is 2.35. The third-order valence-corrected chi connectivity index (χ3v) is 2.49. The first-order valence-electron chi connectivity index (χ1n) is 5.25. The van der Waals surface area contributed by atoms with Gasteiger partial charge in [-0.25, -0.2) is 4.79 Å². The van der Waals surface area contributed by atoms with E-state index in [1.807, 2.05) is 0 Å². The summed E-state index contributed by atoms with van der Waals surface area (Å²) in [7, 11) is 0. The molecule has 88 valence electrons. The summed E-state index contributed by atoms with van der Waals surface area (Å²) in [5.74, 6) is -1.44. The highest BCUT2D eigenvalue weighted by Crippen LogP contribution is 2.27. The van der Waals surface area contributed by atoms with Crippen LogP contribution in [-0.4, -0.2) is 25.3 Å². The molecule has 3 nitrogen and oxygen atoms in total. The Kier molecular flexibility index (Phi) is 4.45. The van der Waals surface area contributed by atoms with Gasteiger partial charge in [0.2, 0.25) is 0 Å². The summed E-state index contributed by atoms with van der Waals surface area (Å²) in [4.78, 5) is 10.8. The molecule has 0 atom stereocenters. The van der Waals surface area contributed by atoms with Gasteiger partial charge in [0, 0.05) is 0 Å². The number of carbonyl (C=O) groups is 1. The minimum Gasteiger partial charge on any atom is -0.460 e. The number of rotatable bonds is 5. The highest BCUT2D eigenvalue weighted by molar-refractivity contribution is 5.75. The molecule has 0 radical (unpaired) electrons. The molecule has 1 aliphatic rings. The van der Waals surface area contributed by atoms with Crippen LogP contribution in [0.2, 0.25) is 0 Å². The van der Waals surface area contributed by atoms with Crippen LogP contribution in [0.3, 0.4) is 0 Å². The van der Waals surface area contributed by atoms with Gasteiger partial charge in [-0.3, -0.25) is 0 Å². The molecule has 0 unspecified atom stereocenters. The van der Waals surface area contributed by atoms with Crippen LogP contribution >= 0.6 is 0 Å². The average Bonchev–Trinajstić information content (AvgIpc) is 2.68. The van der Waals surface area contributed by atoms with Crippen molar-refractivity contribution >= 4 is 5.97 Å². The molecule has 1 saturated carbocycles. The molecule has 0 aliphatic heterocycles. The van der Waals surface area contributed by atoms with Gasteiger partial charge in [0.25, 0.3) is 0 Å². The fourth-order valence-electron chi connectivity index (χ4n) is 1.67. The Morgan fingerprint density at radius 1 is 1.40 bits per heavy atom. The highest BCUT2D eigenvalue weighted by Gasteiger charge is 2.42. The van der Waals surface area contributed by atoms with E-state index in [1.165, 1.54) is 6.92 Å². The molecule has 0 aromatic heterocycles. The van der Waals surface area contributed by atoms with Crippen molar-refractivity contribution in [1.82, 2.24) is 0 Å². The van der Waals surface area contributed by atoms with Gasteiger partial charge in [0.05, 0.1) is 13.2 Å². The van der Waals surface area contributed by atoms with Crippen molar-refractivity contribution < 1.29 is 23.0 Å². The van der Waals surface area contributed by atoms with E-state index in [4.69, 9.17) is 0 Å². The number of hydrogen-bond acceptors (Lipinski definition) is 3. The minimum atomic E-state index is -3.79. The van der Waals surface area contributed by atoms with Crippen molar-refractivity contribution in [2.24, 2.45) is 5.92 Å². The topological polar surface area (TPSA) is 35.5 Å². The second-order valence-corrected chi connectivity index (χ2v) is 3.70. The summed E-state index contributed by atoms with van der Waals surface area (Å²) in [6.45, 7) is 1.35. The Balaban J connectivity index is 2.30. The number of esters is 1. The van der Waals surface area contributed by atoms with Crippen LogP contribution in [-0.2, 0) is 14.3 Å². The molecule has 1 aliphatic carbocycles. The van der Waals surface area contributed by atoms with Crippen LogP contribution in [0.15, 0.2) is 0 Å². The molecule has 0 aromatic carbocycles. The monoisotopic (exact) mass is 222 g/mol. The molecular weight excluding hydrogens is 206 g/mol. The Hall–Kier alpha value is -0.710. The molecule has 1 fully saturated rings. The zero-order valence-electron chi connectivity index (χ0n) is 8.80. The second kappa shape index (κ2) is 5.39. The molecule has 0 heterocycles. The van der Waals surface area contributed by atoms with E-state index in [0.29, 0.717) is 0 Å². The fourth-order valence-corrected chi connectivity index (χ4v) is 1.67. The quantitative estimate of drug-likeness (QED) is 0.670. The zero-order valence-corrected chi connectivity index (χ0v) is 8.80. The van der Waals surface area contributed by atoms with E-state index in [-0.39, 0.29) is 19.1 Å². The third-order valence-electron chi connectivity index (χ3n) is 2.49. The Morgan fingerprint density at radius 2 is 2.00 bits per heavy atom. The fraction of sp³-hybridized carbons (Fsp3) is 0.900. The summed E-state index contributed by atoms with van der Waals surface area (Å²) >= 11 is 0. The number of ether oxygens (including phenoxy) is 2. The van der Waals surface area contributed by atoms with Crippen LogP contribution in [0, 0.1) is 5.92 Å². The van der Waals surface area contributed by atoms with Crippen molar-refractivity contribution in [1.29, 1.82) is 0 Å². The van der Waals surface area contributed by atoms with Crippen LogP contribution < -0.4 is 0 Å². The molecule has 15 heavy (non-hydrogen) atoms. The lowest BCUT2D eigenvalue weighted by Gasteiger charge is -2.17.